The van der Waals surface area contributed by atoms with Gasteiger partial charge in [0.15, 0.2) is 0 Å². The van der Waals surface area contributed by atoms with Crippen molar-refractivity contribution in [3.05, 3.63) is 30.1 Å². The number of hydrogen-bond donors (Lipinski definition) is 0. The van der Waals surface area contributed by atoms with Crippen LogP contribution in [0.1, 0.15) is 31.2 Å². The maximum absolute atomic E-state index is 14.2. The maximum Gasteiger partial charge on any atom is 0.389 e. The predicted octanol–water partition coefficient (Wildman–Crippen LogP) is 3.75. The van der Waals surface area contributed by atoms with Crippen molar-refractivity contribution in [1.29, 1.82) is 0 Å². The molecule has 1 amide bonds. The Kier molecular flexibility index (Phi) is 5.21. The molecule has 2 heterocycles. The standard InChI is InChI=1S/C15H17F5N2O/c16-14(17,18)6-3-11-4-8-22(9-5-11)13(23)15(19,20)12-2-1-7-21-10-12/h1-2,7,10-11H,3-6,8-9H2. The van der Waals surface area contributed by atoms with E-state index in [1.165, 1.54) is 12.3 Å². The van der Waals surface area contributed by atoms with Crippen LogP contribution >= 0.6 is 0 Å². The molecule has 1 aromatic rings. The van der Waals surface area contributed by atoms with E-state index in [0.29, 0.717) is 12.8 Å². The van der Waals surface area contributed by atoms with E-state index in [1.807, 2.05) is 0 Å². The summed E-state index contributed by atoms with van der Waals surface area (Å²) in [7, 11) is 0. The topological polar surface area (TPSA) is 33.2 Å². The third-order valence-electron chi connectivity index (χ3n) is 4.03. The maximum atomic E-state index is 14.2. The Morgan fingerprint density at radius 2 is 1.87 bits per heavy atom. The molecule has 0 bridgehead atoms. The summed E-state index contributed by atoms with van der Waals surface area (Å²) in [6.07, 6.45) is -2.22. The number of alkyl halides is 5. The van der Waals surface area contributed by atoms with Gasteiger partial charge in [-0.25, -0.2) is 0 Å². The molecule has 128 valence electrons. The number of carbonyl (C=O) groups is 1. The Labute approximate surface area is 130 Å². The van der Waals surface area contributed by atoms with E-state index in [-0.39, 0.29) is 25.4 Å². The second-order valence-electron chi connectivity index (χ2n) is 5.71. The summed E-state index contributed by atoms with van der Waals surface area (Å²) in [6, 6.07) is 2.45. The highest BCUT2D eigenvalue weighted by Crippen LogP contribution is 2.33. The number of nitrogens with zero attached hydrogens (tertiary/aromatic N) is 2. The lowest BCUT2D eigenvalue weighted by atomic mass is 9.91. The average molecular weight is 336 g/mol. The number of piperidine rings is 1. The number of hydrogen-bond acceptors (Lipinski definition) is 2. The fourth-order valence-electron chi connectivity index (χ4n) is 2.66. The molecule has 8 heteroatoms. The largest absolute Gasteiger partial charge is 0.389 e. The molecule has 0 spiro atoms. The highest BCUT2D eigenvalue weighted by Gasteiger charge is 2.45. The van der Waals surface area contributed by atoms with Gasteiger partial charge < -0.3 is 4.90 Å². The molecule has 2 rings (SSSR count). The smallest absolute Gasteiger partial charge is 0.337 e. The molecule has 1 saturated heterocycles. The van der Waals surface area contributed by atoms with Gasteiger partial charge in [0.25, 0.3) is 5.91 Å². The molecule has 0 atom stereocenters. The number of amides is 1. The summed E-state index contributed by atoms with van der Waals surface area (Å²) in [4.78, 5) is 16.6. The number of rotatable bonds is 4. The van der Waals surface area contributed by atoms with Gasteiger partial charge in [0.2, 0.25) is 0 Å². The van der Waals surface area contributed by atoms with Crippen molar-refractivity contribution in [3.8, 4) is 0 Å². The van der Waals surface area contributed by atoms with Gasteiger partial charge >= 0.3 is 12.1 Å². The van der Waals surface area contributed by atoms with Crippen LogP contribution in [-0.4, -0.2) is 35.1 Å². The number of likely N-dealkylation sites (tertiary alicyclic amines) is 1. The Bertz CT molecular complexity index is 524. The van der Waals surface area contributed by atoms with Gasteiger partial charge in [0.1, 0.15) is 0 Å². The summed E-state index contributed by atoms with van der Waals surface area (Å²) in [6.45, 7) is 0.106. The second-order valence-corrected chi connectivity index (χ2v) is 5.71. The molecular formula is C15H17F5N2O. The van der Waals surface area contributed by atoms with E-state index in [9.17, 15) is 26.7 Å². The van der Waals surface area contributed by atoms with Crippen LogP contribution in [-0.2, 0) is 10.7 Å². The van der Waals surface area contributed by atoms with E-state index in [4.69, 9.17) is 0 Å². The summed E-state index contributed by atoms with van der Waals surface area (Å²) in [5.74, 6) is -5.18. The first kappa shape index (κ1) is 17.6. The van der Waals surface area contributed by atoms with Gasteiger partial charge in [0.05, 0.1) is 0 Å². The fraction of sp³-hybridized carbons (Fsp3) is 0.600. The first-order valence-electron chi connectivity index (χ1n) is 7.34. The van der Waals surface area contributed by atoms with Crippen LogP contribution in [0, 0.1) is 5.92 Å². The molecule has 0 N–H and O–H groups in total. The van der Waals surface area contributed by atoms with Gasteiger partial charge in [-0.3, -0.25) is 9.78 Å². The number of pyridine rings is 1. The van der Waals surface area contributed by atoms with Crippen molar-refractivity contribution < 1.29 is 26.7 Å². The van der Waals surface area contributed by atoms with Crippen LogP contribution < -0.4 is 0 Å². The van der Waals surface area contributed by atoms with Crippen molar-refractivity contribution in [1.82, 2.24) is 9.88 Å². The molecule has 1 aromatic heterocycles. The molecule has 1 aliphatic rings. The molecule has 0 aliphatic carbocycles. The Hall–Kier alpha value is -1.73. The van der Waals surface area contributed by atoms with Crippen molar-refractivity contribution >= 4 is 5.91 Å². The Morgan fingerprint density at radius 1 is 1.22 bits per heavy atom. The molecule has 23 heavy (non-hydrogen) atoms. The normalized spacial score (nSPS) is 17.3. The fourth-order valence-corrected chi connectivity index (χ4v) is 2.66. The van der Waals surface area contributed by atoms with Gasteiger partial charge in [-0.1, -0.05) is 0 Å². The van der Waals surface area contributed by atoms with Crippen LogP contribution in [0.25, 0.3) is 0 Å². The van der Waals surface area contributed by atoms with Crippen LogP contribution in [0.2, 0.25) is 0 Å². The molecular weight excluding hydrogens is 319 g/mol. The quantitative estimate of drug-likeness (QED) is 0.785. The third-order valence-corrected chi connectivity index (χ3v) is 4.03. The minimum Gasteiger partial charge on any atom is -0.337 e. The monoisotopic (exact) mass is 336 g/mol. The SMILES string of the molecule is O=C(N1CCC(CCC(F)(F)F)CC1)C(F)(F)c1cccnc1. The molecule has 0 radical (unpaired) electrons. The van der Waals surface area contributed by atoms with Gasteiger partial charge in [-0.2, -0.15) is 22.0 Å². The summed E-state index contributed by atoms with van der Waals surface area (Å²) in [5, 5.41) is 0. The van der Waals surface area contributed by atoms with Crippen LogP contribution in [0.4, 0.5) is 22.0 Å². The van der Waals surface area contributed by atoms with Crippen molar-refractivity contribution in [2.24, 2.45) is 5.92 Å². The zero-order valence-electron chi connectivity index (χ0n) is 12.3. The van der Waals surface area contributed by atoms with Crippen molar-refractivity contribution in [2.45, 2.75) is 37.8 Å². The first-order valence-corrected chi connectivity index (χ1v) is 7.34. The van der Waals surface area contributed by atoms with Crippen LogP contribution in [0.15, 0.2) is 24.5 Å². The van der Waals surface area contributed by atoms with Crippen LogP contribution in [0.5, 0.6) is 0 Å². The first-order chi connectivity index (χ1) is 10.7. The lowest BCUT2D eigenvalue weighted by Crippen LogP contribution is -2.46. The highest BCUT2D eigenvalue weighted by atomic mass is 19.4. The lowest BCUT2D eigenvalue weighted by molar-refractivity contribution is -0.161. The lowest BCUT2D eigenvalue weighted by Gasteiger charge is -2.34. The molecule has 1 fully saturated rings. The van der Waals surface area contributed by atoms with Crippen LogP contribution in [0.3, 0.4) is 0 Å². The van der Waals surface area contributed by atoms with Gasteiger partial charge in [0, 0.05) is 37.5 Å². The second kappa shape index (κ2) is 6.80. The molecule has 0 unspecified atom stereocenters. The van der Waals surface area contributed by atoms with Crippen molar-refractivity contribution in [2.75, 3.05) is 13.1 Å². The van der Waals surface area contributed by atoms with Crippen molar-refractivity contribution in [3.63, 3.8) is 0 Å². The average Bonchev–Trinajstić information content (AvgIpc) is 2.53. The zero-order chi connectivity index (χ0) is 17.1. The van der Waals surface area contributed by atoms with Gasteiger partial charge in [-0.05, 0) is 37.3 Å². The molecule has 1 aliphatic heterocycles. The Balaban J connectivity index is 1.91. The number of halogens is 5. The molecule has 0 aromatic carbocycles. The Morgan fingerprint density at radius 3 is 2.39 bits per heavy atom. The zero-order valence-corrected chi connectivity index (χ0v) is 12.3. The van der Waals surface area contributed by atoms with E-state index < -0.39 is 30.0 Å². The van der Waals surface area contributed by atoms with E-state index >= 15 is 0 Å². The summed E-state index contributed by atoms with van der Waals surface area (Å²) < 4.78 is 64.9. The minimum atomic E-state index is -4.21. The highest BCUT2D eigenvalue weighted by molar-refractivity contribution is 5.84. The molecule has 3 nitrogen and oxygen atoms in total. The predicted molar refractivity (Wildman–Crippen MR) is 72.7 cm³/mol. The third kappa shape index (κ3) is 4.62. The summed E-state index contributed by atoms with van der Waals surface area (Å²) >= 11 is 0. The van der Waals surface area contributed by atoms with E-state index in [0.717, 1.165) is 17.2 Å². The van der Waals surface area contributed by atoms with E-state index in [2.05, 4.69) is 4.98 Å². The van der Waals surface area contributed by atoms with Gasteiger partial charge in [-0.15, -0.1) is 0 Å². The van der Waals surface area contributed by atoms with E-state index in [1.54, 1.807) is 0 Å². The molecule has 0 saturated carbocycles. The number of aromatic nitrogens is 1. The summed E-state index contributed by atoms with van der Waals surface area (Å²) in [5.41, 5.74) is -0.482. The minimum absolute atomic E-state index is 0.0233. The number of carbonyl (C=O) groups excluding carboxylic acids is 1.